The van der Waals surface area contributed by atoms with Crippen LogP contribution in [0.2, 0.25) is 0 Å². The molecular weight excluding hydrogens is 230 g/mol. The number of anilines is 2. The quantitative estimate of drug-likeness (QED) is 0.849. The van der Waals surface area contributed by atoms with Crippen molar-refractivity contribution in [2.75, 3.05) is 17.7 Å². The van der Waals surface area contributed by atoms with E-state index in [1.165, 1.54) is 12.8 Å². The van der Waals surface area contributed by atoms with Crippen LogP contribution in [0.4, 0.5) is 11.9 Å². The monoisotopic (exact) mass is 251 g/mol. The number of hydrogen-bond acceptors (Lipinski definition) is 6. The maximum Gasteiger partial charge on any atom is 0.323 e. The lowest BCUT2D eigenvalue weighted by atomic mass is 9.87. The highest BCUT2D eigenvalue weighted by Gasteiger charge is 2.19. The smallest absolute Gasteiger partial charge is 0.323 e. The SMILES string of the molecule is CCOc1nc(N)nc(NC2CCC(C)CC2)n1. The molecule has 1 aromatic rings. The summed E-state index contributed by atoms with van der Waals surface area (Å²) in [5.74, 6) is 1.54. The molecule has 0 unspecified atom stereocenters. The first-order chi connectivity index (χ1) is 8.67. The minimum Gasteiger partial charge on any atom is -0.464 e. The fraction of sp³-hybridized carbons (Fsp3) is 0.750. The van der Waals surface area contributed by atoms with Crippen molar-refractivity contribution >= 4 is 11.9 Å². The first-order valence-electron chi connectivity index (χ1n) is 6.58. The molecule has 0 saturated heterocycles. The highest BCUT2D eigenvalue weighted by Crippen LogP contribution is 2.25. The van der Waals surface area contributed by atoms with Crippen LogP contribution in [0.3, 0.4) is 0 Å². The third kappa shape index (κ3) is 3.45. The van der Waals surface area contributed by atoms with Crippen LogP contribution < -0.4 is 15.8 Å². The van der Waals surface area contributed by atoms with Crippen LogP contribution in [0.1, 0.15) is 39.5 Å². The maximum absolute atomic E-state index is 5.63. The molecule has 2 rings (SSSR count). The predicted octanol–water partition coefficient (Wildman–Crippen LogP) is 1.84. The van der Waals surface area contributed by atoms with Gasteiger partial charge < -0.3 is 15.8 Å². The molecule has 3 N–H and O–H groups in total. The second kappa shape index (κ2) is 5.84. The first-order valence-corrected chi connectivity index (χ1v) is 6.58. The molecule has 0 aliphatic heterocycles. The Bertz CT molecular complexity index is 390. The van der Waals surface area contributed by atoms with Gasteiger partial charge >= 0.3 is 6.01 Å². The maximum atomic E-state index is 5.63. The summed E-state index contributed by atoms with van der Waals surface area (Å²) in [7, 11) is 0. The van der Waals surface area contributed by atoms with Crippen LogP contribution >= 0.6 is 0 Å². The van der Waals surface area contributed by atoms with Crippen LogP contribution in [0.15, 0.2) is 0 Å². The molecule has 6 nitrogen and oxygen atoms in total. The minimum atomic E-state index is 0.195. The largest absolute Gasteiger partial charge is 0.464 e. The predicted molar refractivity (Wildman–Crippen MR) is 70.5 cm³/mol. The van der Waals surface area contributed by atoms with Crippen LogP contribution in [-0.2, 0) is 0 Å². The summed E-state index contributed by atoms with van der Waals surface area (Å²) < 4.78 is 5.25. The van der Waals surface area contributed by atoms with Crippen molar-refractivity contribution in [3.8, 4) is 6.01 Å². The molecule has 0 atom stereocenters. The molecule has 0 bridgehead atoms. The molecule has 18 heavy (non-hydrogen) atoms. The molecule has 0 radical (unpaired) electrons. The summed E-state index contributed by atoms with van der Waals surface area (Å²) in [5.41, 5.74) is 5.63. The molecule has 1 heterocycles. The van der Waals surface area contributed by atoms with Crippen molar-refractivity contribution in [2.45, 2.75) is 45.6 Å². The van der Waals surface area contributed by atoms with E-state index in [1.807, 2.05) is 6.92 Å². The van der Waals surface area contributed by atoms with Gasteiger partial charge in [-0.2, -0.15) is 15.0 Å². The van der Waals surface area contributed by atoms with Crippen molar-refractivity contribution in [1.29, 1.82) is 0 Å². The van der Waals surface area contributed by atoms with E-state index in [1.54, 1.807) is 0 Å². The Morgan fingerprint density at radius 2 is 1.94 bits per heavy atom. The summed E-state index contributed by atoms with van der Waals surface area (Å²) in [6, 6.07) is 0.717. The number of nitrogens with zero attached hydrogens (tertiary/aromatic N) is 3. The van der Waals surface area contributed by atoms with Gasteiger partial charge in [-0.25, -0.2) is 0 Å². The minimum absolute atomic E-state index is 0.195. The average Bonchev–Trinajstić information content (AvgIpc) is 2.32. The summed E-state index contributed by atoms with van der Waals surface area (Å²) in [6.07, 6.45) is 4.79. The van der Waals surface area contributed by atoms with Gasteiger partial charge in [-0.1, -0.05) is 6.92 Å². The standard InChI is InChI=1S/C12H21N5O/c1-3-18-12-16-10(13)15-11(17-12)14-9-6-4-8(2)5-7-9/h8-9H,3-7H2,1-2H3,(H3,13,14,15,16,17). The molecule has 6 heteroatoms. The number of hydrogen-bond donors (Lipinski definition) is 2. The number of nitrogen functional groups attached to an aromatic ring is 1. The van der Waals surface area contributed by atoms with Crippen molar-refractivity contribution in [1.82, 2.24) is 15.0 Å². The van der Waals surface area contributed by atoms with E-state index in [2.05, 4.69) is 27.2 Å². The lowest BCUT2D eigenvalue weighted by Crippen LogP contribution is -2.26. The summed E-state index contributed by atoms with van der Waals surface area (Å²) in [4.78, 5) is 12.2. The van der Waals surface area contributed by atoms with Crippen molar-refractivity contribution in [2.24, 2.45) is 5.92 Å². The zero-order valence-electron chi connectivity index (χ0n) is 11.0. The van der Waals surface area contributed by atoms with Gasteiger partial charge in [-0.15, -0.1) is 0 Å². The van der Waals surface area contributed by atoms with E-state index in [9.17, 15) is 0 Å². The molecule has 1 aliphatic rings. The lowest BCUT2D eigenvalue weighted by Gasteiger charge is -2.26. The van der Waals surface area contributed by atoms with Gasteiger partial charge in [-0.05, 0) is 38.5 Å². The molecule has 1 saturated carbocycles. The lowest BCUT2D eigenvalue weighted by molar-refractivity contribution is 0.312. The van der Waals surface area contributed by atoms with E-state index in [0.29, 0.717) is 18.6 Å². The van der Waals surface area contributed by atoms with Gasteiger partial charge in [0.1, 0.15) is 0 Å². The molecular formula is C12H21N5O. The molecule has 0 spiro atoms. The van der Waals surface area contributed by atoms with E-state index in [-0.39, 0.29) is 12.0 Å². The van der Waals surface area contributed by atoms with Crippen LogP contribution in [0.5, 0.6) is 6.01 Å². The van der Waals surface area contributed by atoms with E-state index < -0.39 is 0 Å². The van der Waals surface area contributed by atoms with Gasteiger partial charge in [-0.3, -0.25) is 0 Å². The Labute approximate surface area is 107 Å². The molecule has 1 aromatic heterocycles. The Balaban J connectivity index is 2.00. The highest BCUT2D eigenvalue weighted by molar-refractivity contribution is 5.33. The third-order valence-corrected chi connectivity index (χ3v) is 3.25. The van der Waals surface area contributed by atoms with Crippen molar-refractivity contribution < 1.29 is 4.74 Å². The Morgan fingerprint density at radius 3 is 2.61 bits per heavy atom. The number of ether oxygens (including phenoxy) is 1. The topological polar surface area (TPSA) is 86.0 Å². The molecule has 1 aliphatic carbocycles. The van der Waals surface area contributed by atoms with E-state index in [0.717, 1.165) is 18.8 Å². The fourth-order valence-electron chi connectivity index (χ4n) is 2.22. The normalized spacial score (nSPS) is 23.7. The number of rotatable bonds is 4. The van der Waals surface area contributed by atoms with Gasteiger partial charge in [0.15, 0.2) is 0 Å². The summed E-state index contributed by atoms with van der Waals surface area (Å²) in [6.45, 7) is 4.70. The van der Waals surface area contributed by atoms with Gasteiger partial charge in [0.25, 0.3) is 0 Å². The average molecular weight is 251 g/mol. The number of aromatic nitrogens is 3. The first kappa shape index (κ1) is 12.9. The third-order valence-electron chi connectivity index (χ3n) is 3.25. The van der Waals surface area contributed by atoms with Crippen LogP contribution in [0.25, 0.3) is 0 Å². The molecule has 100 valence electrons. The van der Waals surface area contributed by atoms with E-state index >= 15 is 0 Å². The fourth-order valence-corrected chi connectivity index (χ4v) is 2.22. The van der Waals surface area contributed by atoms with Crippen LogP contribution in [-0.4, -0.2) is 27.6 Å². The molecule has 1 fully saturated rings. The Kier molecular flexibility index (Phi) is 4.17. The van der Waals surface area contributed by atoms with E-state index in [4.69, 9.17) is 10.5 Å². The van der Waals surface area contributed by atoms with Gasteiger partial charge in [0, 0.05) is 6.04 Å². The number of nitrogens with one attached hydrogen (secondary N) is 1. The second-order valence-corrected chi connectivity index (χ2v) is 4.83. The Hall–Kier alpha value is -1.59. The van der Waals surface area contributed by atoms with Crippen LogP contribution in [0, 0.1) is 5.92 Å². The zero-order chi connectivity index (χ0) is 13.0. The number of nitrogens with two attached hydrogens (primary N) is 1. The zero-order valence-corrected chi connectivity index (χ0v) is 11.0. The Morgan fingerprint density at radius 1 is 1.22 bits per heavy atom. The van der Waals surface area contributed by atoms with Crippen molar-refractivity contribution in [3.63, 3.8) is 0 Å². The summed E-state index contributed by atoms with van der Waals surface area (Å²) in [5, 5.41) is 3.32. The van der Waals surface area contributed by atoms with Gasteiger partial charge in [0.05, 0.1) is 6.61 Å². The van der Waals surface area contributed by atoms with Crippen molar-refractivity contribution in [3.05, 3.63) is 0 Å². The second-order valence-electron chi connectivity index (χ2n) is 4.83. The van der Waals surface area contributed by atoms with Gasteiger partial charge in [0.2, 0.25) is 11.9 Å². The highest BCUT2D eigenvalue weighted by atomic mass is 16.5. The molecule has 0 amide bonds. The summed E-state index contributed by atoms with van der Waals surface area (Å²) >= 11 is 0. The molecule has 0 aromatic carbocycles.